The van der Waals surface area contributed by atoms with Crippen molar-refractivity contribution in [3.63, 3.8) is 0 Å². The molecule has 0 aromatic carbocycles. The Hall–Kier alpha value is -0.680. The highest BCUT2D eigenvalue weighted by molar-refractivity contribution is 7.71. The molecule has 98 valence electrons. The zero-order valence-corrected chi connectivity index (χ0v) is 12.2. The smallest absolute Gasteiger partial charge is 0.195 e. The van der Waals surface area contributed by atoms with E-state index in [2.05, 4.69) is 47.5 Å². The molecule has 17 heavy (non-hydrogen) atoms. The van der Waals surface area contributed by atoms with Crippen LogP contribution in [-0.4, -0.2) is 39.3 Å². The van der Waals surface area contributed by atoms with Crippen molar-refractivity contribution in [2.24, 2.45) is 0 Å². The van der Waals surface area contributed by atoms with Gasteiger partial charge in [0.1, 0.15) is 5.82 Å². The third kappa shape index (κ3) is 3.92. The quantitative estimate of drug-likeness (QED) is 0.762. The third-order valence-electron chi connectivity index (χ3n) is 3.33. The van der Waals surface area contributed by atoms with Crippen LogP contribution in [0.25, 0.3) is 0 Å². The van der Waals surface area contributed by atoms with Gasteiger partial charge < -0.3 is 9.47 Å². The summed E-state index contributed by atoms with van der Waals surface area (Å²) < 4.78 is 2.86. The Morgan fingerprint density at radius 2 is 2.18 bits per heavy atom. The minimum Gasteiger partial charge on any atom is -0.303 e. The summed E-state index contributed by atoms with van der Waals surface area (Å²) in [5, 5.41) is 7.16. The SMILES string of the molecule is CCCc1n[nH]c(=S)n1CCN(C)C(C)CC. The van der Waals surface area contributed by atoms with Gasteiger partial charge in [0, 0.05) is 25.6 Å². The molecule has 4 nitrogen and oxygen atoms in total. The zero-order chi connectivity index (χ0) is 12.8. The Labute approximate surface area is 109 Å². The van der Waals surface area contributed by atoms with Crippen LogP contribution in [0, 0.1) is 4.77 Å². The summed E-state index contributed by atoms with van der Waals surface area (Å²) in [6, 6.07) is 0.616. The number of nitrogens with zero attached hydrogens (tertiary/aromatic N) is 3. The standard InChI is InChI=1S/C12H24N4S/c1-5-7-11-13-14-12(17)16(11)9-8-15(4)10(3)6-2/h10H,5-9H2,1-4H3,(H,14,17). The normalized spacial score (nSPS) is 13.2. The van der Waals surface area contributed by atoms with Crippen molar-refractivity contribution in [2.75, 3.05) is 13.6 Å². The van der Waals surface area contributed by atoms with E-state index in [9.17, 15) is 0 Å². The molecular formula is C12H24N4S. The fourth-order valence-corrected chi connectivity index (χ4v) is 2.03. The van der Waals surface area contributed by atoms with Gasteiger partial charge in [0.05, 0.1) is 0 Å². The summed E-state index contributed by atoms with van der Waals surface area (Å²) in [5.41, 5.74) is 0. The third-order valence-corrected chi connectivity index (χ3v) is 3.64. The Morgan fingerprint density at radius 1 is 1.47 bits per heavy atom. The molecule has 1 N–H and O–H groups in total. The van der Waals surface area contributed by atoms with Gasteiger partial charge in [-0.05, 0) is 39.0 Å². The number of hydrogen-bond donors (Lipinski definition) is 1. The molecule has 0 bridgehead atoms. The molecule has 1 aromatic rings. The highest BCUT2D eigenvalue weighted by Crippen LogP contribution is 2.04. The molecule has 0 radical (unpaired) electrons. The summed E-state index contributed by atoms with van der Waals surface area (Å²) in [6.07, 6.45) is 3.26. The lowest BCUT2D eigenvalue weighted by molar-refractivity contribution is 0.241. The van der Waals surface area contributed by atoms with Gasteiger partial charge in [0.2, 0.25) is 0 Å². The highest BCUT2D eigenvalue weighted by Gasteiger charge is 2.09. The largest absolute Gasteiger partial charge is 0.303 e. The summed E-state index contributed by atoms with van der Waals surface area (Å²) in [6.45, 7) is 8.56. The molecular weight excluding hydrogens is 232 g/mol. The van der Waals surface area contributed by atoms with Gasteiger partial charge in [-0.25, -0.2) is 0 Å². The van der Waals surface area contributed by atoms with E-state index in [0.29, 0.717) is 6.04 Å². The number of hydrogen-bond acceptors (Lipinski definition) is 3. The number of rotatable bonds is 7. The van der Waals surface area contributed by atoms with Gasteiger partial charge in [-0.15, -0.1) is 0 Å². The minimum absolute atomic E-state index is 0.616. The monoisotopic (exact) mass is 256 g/mol. The Morgan fingerprint density at radius 3 is 2.76 bits per heavy atom. The lowest BCUT2D eigenvalue weighted by Crippen LogP contribution is -2.31. The van der Waals surface area contributed by atoms with Gasteiger partial charge in [0.25, 0.3) is 0 Å². The molecule has 1 heterocycles. The van der Waals surface area contributed by atoms with Crippen LogP contribution in [0.5, 0.6) is 0 Å². The second kappa shape index (κ2) is 6.91. The van der Waals surface area contributed by atoms with Gasteiger partial charge in [-0.3, -0.25) is 5.10 Å². The van der Waals surface area contributed by atoms with Gasteiger partial charge in [0.15, 0.2) is 4.77 Å². The minimum atomic E-state index is 0.616. The predicted molar refractivity (Wildman–Crippen MR) is 73.8 cm³/mol. The van der Waals surface area contributed by atoms with E-state index < -0.39 is 0 Å². The molecule has 0 fully saturated rings. The molecule has 0 aliphatic rings. The summed E-state index contributed by atoms with van der Waals surface area (Å²) in [4.78, 5) is 2.37. The maximum atomic E-state index is 5.26. The van der Waals surface area contributed by atoms with Crippen LogP contribution in [0.1, 0.15) is 39.4 Å². The zero-order valence-electron chi connectivity index (χ0n) is 11.4. The molecule has 0 saturated carbocycles. The fraction of sp³-hybridized carbons (Fsp3) is 0.833. The summed E-state index contributed by atoms with van der Waals surface area (Å²) in [7, 11) is 2.16. The fourth-order valence-electron chi connectivity index (χ4n) is 1.79. The average Bonchev–Trinajstić information content (AvgIpc) is 2.67. The van der Waals surface area contributed by atoms with Crippen LogP contribution >= 0.6 is 12.2 Å². The first kappa shape index (κ1) is 14.4. The van der Waals surface area contributed by atoms with Crippen molar-refractivity contribution in [2.45, 2.75) is 52.6 Å². The lowest BCUT2D eigenvalue weighted by atomic mass is 10.2. The molecule has 1 rings (SSSR count). The number of aryl methyl sites for hydroxylation is 1. The first-order valence-corrected chi connectivity index (χ1v) is 6.85. The molecule has 1 aromatic heterocycles. The Balaban J connectivity index is 2.62. The molecule has 0 aliphatic carbocycles. The van der Waals surface area contributed by atoms with E-state index in [0.717, 1.165) is 36.5 Å². The molecule has 0 aliphatic heterocycles. The second-order valence-corrected chi connectivity index (χ2v) is 4.97. The molecule has 1 atom stereocenters. The van der Waals surface area contributed by atoms with Crippen molar-refractivity contribution in [1.29, 1.82) is 0 Å². The first-order chi connectivity index (χ1) is 8.10. The van der Waals surface area contributed by atoms with Crippen molar-refractivity contribution in [1.82, 2.24) is 19.7 Å². The van der Waals surface area contributed by atoms with Crippen molar-refractivity contribution >= 4 is 12.2 Å². The maximum Gasteiger partial charge on any atom is 0.195 e. The lowest BCUT2D eigenvalue weighted by Gasteiger charge is -2.23. The van der Waals surface area contributed by atoms with E-state index in [1.54, 1.807) is 0 Å². The summed E-state index contributed by atoms with van der Waals surface area (Å²) in [5.74, 6) is 1.08. The number of aromatic nitrogens is 3. The number of likely N-dealkylation sites (N-methyl/N-ethyl adjacent to an activating group) is 1. The molecule has 1 unspecified atom stereocenters. The predicted octanol–water partition coefficient (Wildman–Crippen LogP) is 2.62. The van der Waals surface area contributed by atoms with Gasteiger partial charge in [-0.2, -0.15) is 5.10 Å². The van der Waals surface area contributed by atoms with Crippen LogP contribution in [0.3, 0.4) is 0 Å². The first-order valence-electron chi connectivity index (χ1n) is 6.44. The second-order valence-electron chi connectivity index (χ2n) is 4.58. The van der Waals surface area contributed by atoms with Crippen molar-refractivity contribution in [3.05, 3.63) is 10.6 Å². The summed E-state index contributed by atoms with van der Waals surface area (Å²) >= 11 is 5.26. The van der Waals surface area contributed by atoms with Crippen LogP contribution in [-0.2, 0) is 13.0 Å². The number of nitrogens with one attached hydrogen (secondary N) is 1. The molecule has 0 saturated heterocycles. The van der Waals surface area contributed by atoms with Crippen LogP contribution in [0.4, 0.5) is 0 Å². The maximum absolute atomic E-state index is 5.26. The van der Waals surface area contributed by atoms with E-state index >= 15 is 0 Å². The van der Waals surface area contributed by atoms with Gasteiger partial charge >= 0.3 is 0 Å². The number of aromatic amines is 1. The Bertz CT molecular complexity index is 382. The van der Waals surface area contributed by atoms with Crippen molar-refractivity contribution < 1.29 is 0 Å². The molecule has 5 heteroatoms. The van der Waals surface area contributed by atoms with Gasteiger partial charge in [-0.1, -0.05) is 13.8 Å². The van der Waals surface area contributed by atoms with E-state index in [1.165, 1.54) is 6.42 Å². The van der Waals surface area contributed by atoms with E-state index in [1.807, 2.05) is 0 Å². The highest BCUT2D eigenvalue weighted by atomic mass is 32.1. The Kier molecular flexibility index (Phi) is 5.85. The number of H-pyrrole nitrogens is 1. The molecule has 0 spiro atoms. The topological polar surface area (TPSA) is 36.9 Å². The van der Waals surface area contributed by atoms with Crippen molar-refractivity contribution in [3.8, 4) is 0 Å². The van der Waals surface area contributed by atoms with Crippen LogP contribution in [0.15, 0.2) is 0 Å². The van der Waals surface area contributed by atoms with Crippen LogP contribution < -0.4 is 0 Å². The van der Waals surface area contributed by atoms with Crippen LogP contribution in [0.2, 0.25) is 0 Å². The molecule has 0 amide bonds. The van der Waals surface area contributed by atoms with E-state index in [-0.39, 0.29) is 0 Å². The average molecular weight is 256 g/mol. The van der Waals surface area contributed by atoms with E-state index in [4.69, 9.17) is 12.2 Å².